The standard InChI is InChI=1S/C18H26FNS/c1-2-14-3-5-15(6-4-14)7-8-16-9-10-18(21-13-20)12-17(19)11-16/h2,7-8,14-18H,1,3-6,9-12H2. The van der Waals surface area contributed by atoms with Gasteiger partial charge >= 0.3 is 0 Å². The van der Waals surface area contributed by atoms with Gasteiger partial charge in [-0.15, -0.1) is 6.58 Å². The first kappa shape index (κ1) is 16.6. The van der Waals surface area contributed by atoms with E-state index in [0.717, 1.165) is 12.8 Å². The fourth-order valence-electron chi connectivity index (χ4n) is 3.59. The zero-order valence-electron chi connectivity index (χ0n) is 12.7. The summed E-state index contributed by atoms with van der Waals surface area (Å²) in [7, 11) is 0. The van der Waals surface area contributed by atoms with E-state index >= 15 is 0 Å². The van der Waals surface area contributed by atoms with E-state index in [1.165, 1.54) is 37.4 Å². The van der Waals surface area contributed by atoms with Crippen molar-refractivity contribution >= 4 is 11.8 Å². The van der Waals surface area contributed by atoms with Crippen LogP contribution < -0.4 is 0 Å². The van der Waals surface area contributed by atoms with E-state index in [0.29, 0.717) is 30.6 Å². The van der Waals surface area contributed by atoms with Gasteiger partial charge in [0.2, 0.25) is 0 Å². The van der Waals surface area contributed by atoms with Gasteiger partial charge in [0, 0.05) is 5.25 Å². The highest BCUT2D eigenvalue weighted by Gasteiger charge is 2.25. The van der Waals surface area contributed by atoms with Crippen LogP contribution in [0.2, 0.25) is 0 Å². The lowest BCUT2D eigenvalue weighted by Crippen LogP contribution is -2.11. The van der Waals surface area contributed by atoms with Crippen LogP contribution in [0.1, 0.15) is 51.4 Å². The Morgan fingerprint density at radius 3 is 2.24 bits per heavy atom. The first-order valence-electron chi connectivity index (χ1n) is 8.21. The van der Waals surface area contributed by atoms with Gasteiger partial charge in [-0.1, -0.05) is 18.2 Å². The van der Waals surface area contributed by atoms with Gasteiger partial charge in [0.25, 0.3) is 0 Å². The normalized spacial score (nSPS) is 37.8. The van der Waals surface area contributed by atoms with Crippen LogP contribution in [-0.4, -0.2) is 11.4 Å². The fourth-order valence-corrected chi connectivity index (χ4v) is 4.30. The van der Waals surface area contributed by atoms with Gasteiger partial charge in [-0.05, 0) is 80.9 Å². The molecule has 2 aliphatic rings. The smallest absolute Gasteiger partial charge is 0.133 e. The molecule has 0 aromatic rings. The molecule has 0 bridgehead atoms. The summed E-state index contributed by atoms with van der Waals surface area (Å²) in [6, 6.07) is 0. The zero-order valence-corrected chi connectivity index (χ0v) is 13.5. The first-order chi connectivity index (χ1) is 10.2. The number of thioether (sulfide) groups is 1. The SMILES string of the molecule is C=CC1CCC(C=CC2CCC(SC#N)CC(F)C2)CC1. The summed E-state index contributed by atoms with van der Waals surface area (Å²) in [6.07, 6.45) is 14.1. The molecule has 1 nitrogen and oxygen atoms in total. The van der Waals surface area contributed by atoms with E-state index < -0.39 is 6.17 Å². The molecular weight excluding hydrogens is 281 g/mol. The number of halogens is 1. The molecule has 116 valence electrons. The lowest BCUT2D eigenvalue weighted by atomic mass is 9.81. The Bertz CT molecular complexity index is 393. The number of allylic oxidation sites excluding steroid dienone is 3. The summed E-state index contributed by atoms with van der Waals surface area (Å²) in [6.45, 7) is 3.89. The monoisotopic (exact) mass is 307 g/mol. The van der Waals surface area contributed by atoms with Gasteiger partial charge in [0.15, 0.2) is 0 Å². The molecule has 0 aliphatic heterocycles. The largest absolute Gasteiger partial charge is 0.247 e. The lowest BCUT2D eigenvalue weighted by Gasteiger charge is -2.24. The van der Waals surface area contributed by atoms with Gasteiger partial charge in [-0.2, -0.15) is 5.26 Å². The molecule has 3 heteroatoms. The molecule has 0 saturated heterocycles. The van der Waals surface area contributed by atoms with E-state index in [9.17, 15) is 4.39 Å². The third kappa shape index (κ3) is 5.51. The Hall–Kier alpha value is -0.750. The minimum atomic E-state index is -0.746. The Labute approximate surface area is 132 Å². The highest BCUT2D eigenvalue weighted by atomic mass is 32.2. The summed E-state index contributed by atoms with van der Waals surface area (Å²) < 4.78 is 14.0. The van der Waals surface area contributed by atoms with Crippen LogP contribution in [0.25, 0.3) is 0 Å². The van der Waals surface area contributed by atoms with Crippen LogP contribution in [0.3, 0.4) is 0 Å². The summed E-state index contributed by atoms with van der Waals surface area (Å²) in [4.78, 5) is 0. The van der Waals surface area contributed by atoms with Gasteiger partial charge in [0.05, 0.1) is 0 Å². The van der Waals surface area contributed by atoms with Crippen molar-refractivity contribution in [2.75, 3.05) is 0 Å². The molecule has 0 heterocycles. The molecule has 0 aromatic carbocycles. The molecule has 2 aliphatic carbocycles. The number of hydrogen-bond donors (Lipinski definition) is 0. The van der Waals surface area contributed by atoms with Crippen molar-refractivity contribution in [1.82, 2.24) is 0 Å². The number of alkyl halides is 1. The van der Waals surface area contributed by atoms with Crippen LogP contribution in [0.5, 0.6) is 0 Å². The predicted molar refractivity (Wildman–Crippen MR) is 88.6 cm³/mol. The maximum Gasteiger partial charge on any atom is 0.133 e. The van der Waals surface area contributed by atoms with E-state index in [-0.39, 0.29) is 5.25 Å². The maximum absolute atomic E-state index is 14.0. The number of hydrogen-bond acceptors (Lipinski definition) is 2. The Kier molecular flexibility index (Phi) is 6.83. The predicted octanol–water partition coefficient (Wildman–Crippen LogP) is 5.65. The average molecular weight is 307 g/mol. The molecule has 2 fully saturated rings. The van der Waals surface area contributed by atoms with Gasteiger partial charge in [-0.3, -0.25) is 0 Å². The van der Waals surface area contributed by atoms with Gasteiger partial charge < -0.3 is 0 Å². The molecule has 0 radical (unpaired) electrons. The quantitative estimate of drug-likeness (QED) is 0.381. The number of nitriles is 1. The second-order valence-corrected chi connectivity index (χ2v) is 7.62. The lowest BCUT2D eigenvalue weighted by molar-refractivity contribution is 0.285. The molecule has 0 N–H and O–H groups in total. The average Bonchev–Trinajstić information content (AvgIpc) is 2.67. The molecule has 3 atom stereocenters. The summed E-state index contributed by atoms with van der Waals surface area (Å²) in [5, 5.41) is 11.1. The summed E-state index contributed by atoms with van der Waals surface area (Å²) >= 11 is 1.25. The van der Waals surface area contributed by atoms with Crippen molar-refractivity contribution < 1.29 is 4.39 Å². The summed E-state index contributed by atoms with van der Waals surface area (Å²) in [5.41, 5.74) is 0. The Balaban J connectivity index is 1.81. The number of thiocyanates is 1. The first-order valence-corrected chi connectivity index (χ1v) is 9.09. The molecule has 0 spiro atoms. The Morgan fingerprint density at radius 2 is 1.57 bits per heavy atom. The van der Waals surface area contributed by atoms with Crippen molar-refractivity contribution in [2.24, 2.45) is 17.8 Å². The molecule has 2 rings (SSSR count). The topological polar surface area (TPSA) is 23.8 Å². The van der Waals surface area contributed by atoms with E-state index in [1.807, 2.05) is 0 Å². The van der Waals surface area contributed by atoms with Crippen molar-refractivity contribution in [3.05, 3.63) is 24.8 Å². The van der Waals surface area contributed by atoms with Crippen LogP contribution in [-0.2, 0) is 0 Å². The van der Waals surface area contributed by atoms with Crippen molar-refractivity contribution in [3.8, 4) is 5.40 Å². The Morgan fingerprint density at radius 1 is 0.952 bits per heavy atom. The van der Waals surface area contributed by atoms with Crippen molar-refractivity contribution in [3.63, 3.8) is 0 Å². The zero-order chi connectivity index (χ0) is 15.1. The molecule has 0 amide bonds. The molecular formula is C18H26FNS. The third-order valence-electron chi connectivity index (χ3n) is 4.96. The second kappa shape index (κ2) is 8.63. The second-order valence-electron chi connectivity index (χ2n) is 6.53. The minimum absolute atomic E-state index is 0.187. The van der Waals surface area contributed by atoms with Crippen molar-refractivity contribution in [2.45, 2.75) is 62.8 Å². The van der Waals surface area contributed by atoms with E-state index in [4.69, 9.17) is 5.26 Å². The van der Waals surface area contributed by atoms with Crippen LogP contribution in [0.15, 0.2) is 24.8 Å². The number of rotatable bonds is 4. The minimum Gasteiger partial charge on any atom is -0.247 e. The highest BCUT2D eigenvalue weighted by Crippen LogP contribution is 2.34. The van der Waals surface area contributed by atoms with Crippen molar-refractivity contribution in [1.29, 1.82) is 5.26 Å². The third-order valence-corrected chi connectivity index (χ3v) is 5.83. The maximum atomic E-state index is 14.0. The van der Waals surface area contributed by atoms with E-state index in [1.54, 1.807) is 0 Å². The van der Waals surface area contributed by atoms with Crippen LogP contribution in [0, 0.1) is 28.4 Å². The molecule has 0 aromatic heterocycles. The molecule has 2 saturated carbocycles. The molecule has 3 unspecified atom stereocenters. The van der Waals surface area contributed by atoms with Crippen LogP contribution >= 0.6 is 11.8 Å². The van der Waals surface area contributed by atoms with E-state index in [2.05, 4.69) is 30.2 Å². The molecule has 21 heavy (non-hydrogen) atoms. The number of nitrogens with zero attached hydrogens (tertiary/aromatic N) is 1. The fraction of sp³-hybridized carbons (Fsp3) is 0.722. The van der Waals surface area contributed by atoms with Crippen LogP contribution in [0.4, 0.5) is 4.39 Å². The van der Waals surface area contributed by atoms with Gasteiger partial charge in [0.1, 0.15) is 11.6 Å². The van der Waals surface area contributed by atoms with Gasteiger partial charge in [-0.25, -0.2) is 4.39 Å². The highest BCUT2D eigenvalue weighted by molar-refractivity contribution is 8.04. The summed E-state index contributed by atoms with van der Waals surface area (Å²) in [5.74, 6) is 1.74.